The molecule has 1 N–H and O–H groups in total. The van der Waals surface area contributed by atoms with Crippen LogP contribution in [-0.4, -0.2) is 43.1 Å². The van der Waals surface area contributed by atoms with E-state index in [0.717, 1.165) is 34.6 Å². The second kappa shape index (κ2) is 9.68. The molecule has 2 aromatic carbocycles. The second-order valence-corrected chi connectivity index (χ2v) is 14.4. The van der Waals surface area contributed by atoms with Crippen molar-refractivity contribution in [3.63, 3.8) is 0 Å². The van der Waals surface area contributed by atoms with Crippen LogP contribution >= 0.6 is 31.9 Å². The van der Waals surface area contributed by atoms with Crippen molar-refractivity contribution in [2.24, 2.45) is 16.7 Å². The summed E-state index contributed by atoms with van der Waals surface area (Å²) in [5, 5.41) is 6.49. The number of nitrogens with one attached hydrogen (secondary N) is 1. The number of halogens is 2. The van der Waals surface area contributed by atoms with Gasteiger partial charge in [-0.15, -0.1) is 0 Å². The number of aromatic nitrogens is 1. The fraction of sp³-hybridized carbons (Fsp3) is 0.600. The van der Waals surface area contributed by atoms with Crippen LogP contribution in [0.1, 0.15) is 52.4 Å². The van der Waals surface area contributed by atoms with Crippen LogP contribution in [0.4, 0.5) is 0 Å². The SMILES string of the molecule is CC12CC3CC(C)(C1)CC(NCCOCCOCCn1c4ccc(Br)cc4c4cc(Br)ccc41)(C3)C2. The van der Waals surface area contributed by atoms with E-state index in [1.165, 1.54) is 60.3 Å². The predicted molar refractivity (Wildman–Crippen MR) is 155 cm³/mol. The van der Waals surface area contributed by atoms with Gasteiger partial charge in [-0.2, -0.15) is 0 Å². The first-order valence-electron chi connectivity index (χ1n) is 13.5. The summed E-state index contributed by atoms with van der Waals surface area (Å²) in [4.78, 5) is 0. The number of benzene rings is 2. The highest BCUT2D eigenvalue weighted by molar-refractivity contribution is 9.10. The van der Waals surface area contributed by atoms with Crippen LogP contribution in [0.25, 0.3) is 21.8 Å². The molecule has 7 rings (SSSR count). The Morgan fingerprint density at radius 1 is 0.806 bits per heavy atom. The van der Waals surface area contributed by atoms with E-state index in [1.807, 2.05) is 0 Å². The van der Waals surface area contributed by atoms with Gasteiger partial charge in [-0.25, -0.2) is 0 Å². The lowest BCUT2D eigenvalue weighted by Crippen LogP contribution is -2.64. The molecular formula is C30H38Br2N2O2. The van der Waals surface area contributed by atoms with Gasteiger partial charge in [0.25, 0.3) is 0 Å². The first-order chi connectivity index (χ1) is 17.3. The smallest absolute Gasteiger partial charge is 0.0701 e. The maximum Gasteiger partial charge on any atom is 0.0701 e. The summed E-state index contributed by atoms with van der Waals surface area (Å²) in [5.74, 6) is 0.927. The second-order valence-electron chi connectivity index (χ2n) is 12.5. The number of fused-ring (bicyclic) bond motifs is 3. The van der Waals surface area contributed by atoms with E-state index in [4.69, 9.17) is 9.47 Å². The Balaban J connectivity index is 0.952. The van der Waals surface area contributed by atoms with Gasteiger partial charge in [0.05, 0.1) is 26.4 Å². The molecule has 2 unspecified atom stereocenters. The first-order valence-corrected chi connectivity index (χ1v) is 15.1. The van der Waals surface area contributed by atoms with Crippen molar-refractivity contribution in [1.29, 1.82) is 0 Å². The quantitative estimate of drug-likeness (QED) is 0.237. The molecule has 4 bridgehead atoms. The molecule has 2 atom stereocenters. The number of nitrogens with zero attached hydrogens (tertiary/aromatic N) is 1. The van der Waals surface area contributed by atoms with Crippen molar-refractivity contribution in [2.75, 3.05) is 33.0 Å². The summed E-state index contributed by atoms with van der Waals surface area (Å²) < 4.78 is 16.5. The summed E-state index contributed by atoms with van der Waals surface area (Å²) in [6.45, 7) is 9.58. The molecule has 4 nitrogen and oxygen atoms in total. The van der Waals surface area contributed by atoms with Gasteiger partial charge in [-0.1, -0.05) is 45.7 Å². The summed E-state index contributed by atoms with van der Waals surface area (Å²) in [5.41, 5.74) is 3.95. The minimum absolute atomic E-state index is 0.357. The molecule has 1 aromatic heterocycles. The molecular weight excluding hydrogens is 580 g/mol. The van der Waals surface area contributed by atoms with Gasteiger partial charge >= 0.3 is 0 Å². The number of hydrogen-bond acceptors (Lipinski definition) is 3. The molecule has 3 aromatic rings. The van der Waals surface area contributed by atoms with E-state index >= 15 is 0 Å². The third-order valence-electron chi connectivity index (χ3n) is 8.99. The van der Waals surface area contributed by atoms with Crippen molar-refractivity contribution < 1.29 is 9.47 Å². The lowest BCUT2D eigenvalue weighted by atomic mass is 9.43. The zero-order chi connectivity index (χ0) is 25.0. The van der Waals surface area contributed by atoms with E-state index in [9.17, 15) is 0 Å². The van der Waals surface area contributed by atoms with Crippen LogP contribution in [0, 0.1) is 16.7 Å². The van der Waals surface area contributed by atoms with Crippen LogP contribution in [0.2, 0.25) is 0 Å². The fourth-order valence-electron chi connectivity index (χ4n) is 8.80. The van der Waals surface area contributed by atoms with Crippen LogP contribution in [0.3, 0.4) is 0 Å². The number of hydrogen-bond donors (Lipinski definition) is 1. The molecule has 4 saturated carbocycles. The molecule has 0 aliphatic heterocycles. The van der Waals surface area contributed by atoms with Crippen molar-refractivity contribution in [3.05, 3.63) is 45.3 Å². The molecule has 4 fully saturated rings. The van der Waals surface area contributed by atoms with Gasteiger partial charge in [0.15, 0.2) is 0 Å². The molecule has 0 amide bonds. The number of ether oxygens (including phenoxy) is 2. The van der Waals surface area contributed by atoms with E-state index in [-0.39, 0.29) is 0 Å². The highest BCUT2D eigenvalue weighted by Crippen LogP contribution is 2.66. The van der Waals surface area contributed by atoms with E-state index in [2.05, 4.69) is 92.0 Å². The Hall–Kier alpha value is -0.920. The zero-order valence-electron chi connectivity index (χ0n) is 21.5. The predicted octanol–water partition coefficient (Wildman–Crippen LogP) is 7.69. The fourth-order valence-corrected chi connectivity index (χ4v) is 9.52. The standard InChI is InChI=1S/C30H38Br2N2O2/c1-28-15-21-16-29(2,18-28)20-30(17-21,19-28)33-7-9-35-11-12-36-10-8-34-26-5-3-22(31)13-24(26)25-14-23(32)4-6-27(25)34/h3-6,13-14,21,33H,7-12,15-20H2,1-2H3. The van der Waals surface area contributed by atoms with Crippen molar-refractivity contribution >= 4 is 53.7 Å². The zero-order valence-corrected chi connectivity index (χ0v) is 24.7. The molecule has 0 radical (unpaired) electrons. The van der Waals surface area contributed by atoms with Crippen LogP contribution in [-0.2, 0) is 16.0 Å². The maximum atomic E-state index is 5.97. The molecule has 0 saturated heterocycles. The van der Waals surface area contributed by atoms with Crippen LogP contribution in [0.5, 0.6) is 0 Å². The Morgan fingerprint density at radius 3 is 1.97 bits per heavy atom. The first kappa shape index (κ1) is 25.4. The molecule has 4 aliphatic carbocycles. The Bertz CT molecular complexity index is 1190. The van der Waals surface area contributed by atoms with Gasteiger partial charge in [0.2, 0.25) is 0 Å². The minimum Gasteiger partial charge on any atom is -0.378 e. The minimum atomic E-state index is 0.357. The molecule has 194 valence electrons. The van der Waals surface area contributed by atoms with Crippen molar-refractivity contribution in [2.45, 2.75) is 64.5 Å². The van der Waals surface area contributed by atoms with Gasteiger partial charge in [-0.3, -0.25) is 0 Å². The van der Waals surface area contributed by atoms with Crippen LogP contribution in [0.15, 0.2) is 45.3 Å². The lowest BCUT2D eigenvalue weighted by Gasteiger charge is -2.65. The van der Waals surface area contributed by atoms with Crippen LogP contribution < -0.4 is 5.32 Å². The third kappa shape index (κ3) is 4.93. The van der Waals surface area contributed by atoms with E-state index in [1.54, 1.807) is 0 Å². The third-order valence-corrected chi connectivity index (χ3v) is 9.98. The van der Waals surface area contributed by atoms with Gasteiger partial charge in [0.1, 0.15) is 0 Å². The average Bonchev–Trinajstić information content (AvgIpc) is 3.07. The van der Waals surface area contributed by atoms with E-state index in [0.29, 0.717) is 36.2 Å². The maximum absolute atomic E-state index is 5.97. The largest absolute Gasteiger partial charge is 0.378 e. The molecule has 1 heterocycles. The van der Waals surface area contributed by atoms with Gasteiger partial charge in [0, 0.05) is 49.4 Å². The normalized spacial score (nSPS) is 31.2. The highest BCUT2D eigenvalue weighted by atomic mass is 79.9. The summed E-state index contributed by atoms with van der Waals surface area (Å²) >= 11 is 7.25. The number of rotatable bonds is 10. The topological polar surface area (TPSA) is 35.4 Å². The average molecular weight is 618 g/mol. The van der Waals surface area contributed by atoms with E-state index < -0.39 is 0 Å². The van der Waals surface area contributed by atoms with Crippen molar-refractivity contribution in [1.82, 2.24) is 9.88 Å². The Morgan fingerprint density at radius 2 is 1.39 bits per heavy atom. The summed E-state index contributed by atoms with van der Waals surface area (Å²) in [7, 11) is 0. The van der Waals surface area contributed by atoms with Gasteiger partial charge in [-0.05, 0) is 91.7 Å². The Labute approximate surface area is 231 Å². The van der Waals surface area contributed by atoms with Crippen molar-refractivity contribution in [3.8, 4) is 0 Å². The summed E-state index contributed by atoms with van der Waals surface area (Å²) in [6, 6.07) is 13.0. The molecule has 6 heteroatoms. The monoisotopic (exact) mass is 616 g/mol. The van der Waals surface area contributed by atoms with Gasteiger partial charge < -0.3 is 19.4 Å². The summed E-state index contributed by atoms with van der Waals surface area (Å²) in [6.07, 6.45) is 8.40. The molecule has 36 heavy (non-hydrogen) atoms. The molecule has 0 spiro atoms. The lowest BCUT2D eigenvalue weighted by molar-refractivity contribution is -0.118. The highest BCUT2D eigenvalue weighted by Gasteiger charge is 2.59. The Kier molecular flexibility index (Phi) is 6.82. The molecule has 4 aliphatic rings.